The maximum absolute atomic E-state index is 12.3. The summed E-state index contributed by atoms with van der Waals surface area (Å²) in [5.74, 6) is -0.161. The molecule has 0 aliphatic heterocycles. The minimum Gasteiger partial charge on any atom is -0.298 e. The number of hydrogen-bond donors (Lipinski definition) is 0. The Kier molecular flexibility index (Phi) is 4.09. The third-order valence-electron chi connectivity index (χ3n) is 2.49. The molecule has 2 aromatic rings. The Hall–Kier alpha value is -1.26. The molecule has 0 radical (unpaired) electrons. The molecule has 0 unspecified atom stereocenters. The van der Waals surface area contributed by atoms with Gasteiger partial charge in [0.15, 0.2) is 12.1 Å². The predicted molar refractivity (Wildman–Crippen MR) is 77.1 cm³/mol. The molecule has 2 rings (SSSR count). The van der Waals surface area contributed by atoms with E-state index in [1.165, 1.54) is 0 Å². The van der Waals surface area contributed by atoms with Crippen molar-refractivity contribution in [3.05, 3.63) is 68.1 Å². The first-order valence-corrected chi connectivity index (χ1v) is 6.75. The monoisotopic (exact) mass is 366 g/mol. The lowest BCUT2D eigenvalue weighted by atomic mass is 9.99. The average Bonchev–Trinajstić information content (AvgIpc) is 2.39. The number of aldehydes is 1. The minimum absolute atomic E-state index is 0.161. The van der Waals surface area contributed by atoms with Crippen molar-refractivity contribution in [1.29, 1.82) is 0 Å². The standard InChI is InChI=1S/C14H8Br2O2/c15-11-4-1-9(2-5-11)14(18)13-7-12(16)6-3-10(13)8-17/h1-8H. The zero-order valence-electron chi connectivity index (χ0n) is 9.19. The van der Waals surface area contributed by atoms with Crippen molar-refractivity contribution in [2.45, 2.75) is 0 Å². The van der Waals surface area contributed by atoms with Crippen molar-refractivity contribution in [1.82, 2.24) is 0 Å². The molecule has 0 amide bonds. The van der Waals surface area contributed by atoms with Gasteiger partial charge in [0.1, 0.15) is 0 Å². The number of ketones is 1. The van der Waals surface area contributed by atoms with E-state index in [4.69, 9.17) is 0 Å². The summed E-state index contributed by atoms with van der Waals surface area (Å²) in [7, 11) is 0. The second-order valence-electron chi connectivity index (χ2n) is 3.69. The van der Waals surface area contributed by atoms with E-state index in [1.807, 2.05) is 0 Å². The summed E-state index contributed by atoms with van der Waals surface area (Å²) in [5.41, 5.74) is 1.35. The number of rotatable bonds is 3. The van der Waals surface area contributed by atoms with Crippen LogP contribution >= 0.6 is 31.9 Å². The molecule has 4 heteroatoms. The Morgan fingerprint density at radius 1 is 0.944 bits per heavy atom. The number of carbonyl (C=O) groups is 2. The fourth-order valence-corrected chi connectivity index (χ4v) is 2.21. The largest absolute Gasteiger partial charge is 0.298 e. The minimum atomic E-state index is -0.161. The molecule has 0 fully saturated rings. The zero-order chi connectivity index (χ0) is 13.1. The first kappa shape index (κ1) is 13.2. The Morgan fingerprint density at radius 3 is 2.17 bits per heavy atom. The maximum Gasteiger partial charge on any atom is 0.193 e. The summed E-state index contributed by atoms with van der Waals surface area (Å²) in [5, 5.41) is 0. The molecule has 0 aliphatic rings. The summed E-state index contributed by atoms with van der Waals surface area (Å²) in [6.45, 7) is 0. The fraction of sp³-hybridized carbons (Fsp3) is 0. The van der Waals surface area contributed by atoms with Crippen LogP contribution in [0.4, 0.5) is 0 Å². The second kappa shape index (κ2) is 5.59. The van der Waals surface area contributed by atoms with Gasteiger partial charge >= 0.3 is 0 Å². The highest BCUT2D eigenvalue weighted by Crippen LogP contribution is 2.20. The molecular formula is C14H8Br2O2. The second-order valence-corrected chi connectivity index (χ2v) is 5.52. The van der Waals surface area contributed by atoms with E-state index in [0.29, 0.717) is 23.0 Å². The van der Waals surface area contributed by atoms with E-state index in [1.54, 1.807) is 42.5 Å². The summed E-state index contributed by atoms with van der Waals surface area (Å²) < 4.78 is 1.68. The van der Waals surface area contributed by atoms with E-state index in [2.05, 4.69) is 31.9 Å². The van der Waals surface area contributed by atoms with Crippen LogP contribution in [0, 0.1) is 0 Å². The van der Waals surface area contributed by atoms with Gasteiger partial charge in [-0.2, -0.15) is 0 Å². The lowest BCUT2D eigenvalue weighted by molar-refractivity contribution is 0.102. The van der Waals surface area contributed by atoms with Gasteiger partial charge in [-0.15, -0.1) is 0 Å². The quantitative estimate of drug-likeness (QED) is 0.600. The molecule has 2 aromatic carbocycles. The number of halogens is 2. The average molecular weight is 368 g/mol. The lowest BCUT2D eigenvalue weighted by Crippen LogP contribution is -2.05. The van der Waals surface area contributed by atoms with Crippen LogP contribution in [0.2, 0.25) is 0 Å². The van der Waals surface area contributed by atoms with Crippen molar-refractivity contribution in [3.8, 4) is 0 Å². The number of hydrogen-bond acceptors (Lipinski definition) is 2. The van der Waals surface area contributed by atoms with Crippen LogP contribution in [0.5, 0.6) is 0 Å². The highest BCUT2D eigenvalue weighted by molar-refractivity contribution is 9.10. The van der Waals surface area contributed by atoms with Crippen LogP contribution in [0.1, 0.15) is 26.3 Å². The van der Waals surface area contributed by atoms with Gasteiger partial charge in [0.05, 0.1) is 0 Å². The Labute approximate surface area is 121 Å². The van der Waals surface area contributed by atoms with Crippen molar-refractivity contribution in [2.24, 2.45) is 0 Å². The Balaban J connectivity index is 2.48. The van der Waals surface area contributed by atoms with E-state index in [9.17, 15) is 9.59 Å². The van der Waals surface area contributed by atoms with Gasteiger partial charge < -0.3 is 0 Å². The normalized spacial score (nSPS) is 10.1. The van der Waals surface area contributed by atoms with Gasteiger partial charge in [0.2, 0.25) is 0 Å². The highest BCUT2D eigenvalue weighted by Gasteiger charge is 2.13. The SMILES string of the molecule is O=Cc1ccc(Br)cc1C(=O)c1ccc(Br)cc1. The van der Waals surface area contributed by atoms with Crippen LogP contribution in [-0.2, 0) is 0 Å². The molecule has 0 bridgehead atoms. The molecule has 2 nitrogen and oxygen atoms in total. The number of carbonyl (C=O) groups excluding carboxylic acids is 2. The predicted octanol–water partition coefficient (Wildman–Crippen LogP) is 4.26. The fourth-order valence-electron chi connectivity index (χ4n) is 1.58. The molecule has 0 saturated carbocycles. The smallest absolute Gasteiger partial charge is 0.193 e. The summed E-state index contributed by atoms with van der Waals surface area (Å²) in [6, 6.07) is 12.1. The van der Waals surface area contributed by atoms with Gasteiger partial charge in [0, 0.05) is 25.6 Å². The number of benzene rings is 2. The Bertz CT molecular complexity index is 604. The molecule has 0 heterocycles. The molecule has 0 aromatic heterocycles. The molecule has 90 valence electrons. The van der Waals surface area contributed by atoms with Crippen molar-refractivity contribution < 1.29 is 9.59 Å². The van der Waals surface area contributed by atoms with Crippen LogP contribution in [0.25, 0.3) is 0 Å². The molecule has 18 heavy (non-hydrogen) atoms. The Morgan fingerprint density at radius 2 is 1.56 bits per heavy atom. The maximum atomic E-state index is 12.3. The van der Waals surface area contributed by atoms with Gasteiger partial charge in [-0.3, -0.25) is 9.59 Å². The molecule has 0 N–H and O–H groups in total. The zero-order valence-corrected chi connectivity index (χ0v) is 12.4. The van der Waals surface area contributed by atoms with Gasteiger partial charge in [0.25, 0.3) is 0 Å². The van der Waals surface area contributed by atoms with Crippen LogP contribution in [-0.4, -0.2) is 12.1 Å². The summed E-state index contributed by atoms with van der Waals surface area (Å²) in [6.07, 6.45) is 0.693. The van der Waals surface area contributed by atoms with Crippen LogP contribution < -0.4 is 0 Å². The molecular weight excluding hydrogens is 360 g/mol. The first-order valence-electron chi connectivity index (χ1n) is 5.17. The molecule has 0 spiro atoms. The third-order valence-corrected chi connectivity index (χ3v) is 3.52. The van der Waals surface area contributed by atoms with Crippen molar-refractivity contribution in [2.75, 3.05) is 0 Å². The lowest BCUT2D eigenvalue weighted by Gasteiger charge is -2.05. The highest BCUT2D eigenvalue weighted by atomic mass is 79.9. The van der Waals surface area contributed by atoms with E-state index in [0.717, 1.165) is 8.95 Å². The summed E-state index contributed by atoms with van der Waals surface area (Å²) >= 11 is 6.62. The summed E-state index contributed by atoms with van der Waals surface area (Å²) in [4.78, 5) is 23.2. The topological polar surface area (TPSA) is 34.1 Å². The van der Waals surface area contributed by atoms with E-state index < -0.39 is 0 Å². The van der Waals surface area contributed by atoms with Crippen LogP contribution in [0.15, 0.2) is 51.4 Å². The molecule has 0 atom stereocenters. The first-order chi connectivity index (χ1) is 8.61. The molecule has 0 aliphatic carbocycles. The van der Waals surface area contributed by atoms with E-state index in [-0.39, 0.29) is 5.78 Å². The van der Waals surface area contributed by atoms with E-state index >= 15 is 0 Å². The molecule has 0 saturated heterocycles. The van der Waals surface area contributed by atoms with Crippen molar-refractivity contribution in [3.63, 3.8) is 0 Å². The van der Waals surface area contributed by atoms with Crippen LogP contribution in [0.3, 0.4) is 0 Å². The van der Waals surface area contributed by atoms with Gasteiger partial charge in [-0.25, -0.2) is 0 Å². The third kappa shape index (κ3) is 2.76. The van der Waals surface area contributed by atoms with Gasteiger partial charge in [-0.1, -0.05) is 31.9 Å². The van der Waals surface area contributed by atoms with Gasteiger partial charge in [-0.05, 0) is 42.5 Å². The van der Waals surface area contributed by atoms with Crippen molar-refractivity contribution >= 4 is 43.9 Å².